The average Bonchev–Trinajstić information content (AvgIpc) is 2.91. The Kier molecular flexibility index (Phi) is 2.76. The van der Waals surface area contributed by atoms with Crippen LogP contribution in [-0.4, -0.2) is 23.3 Å². The van der Waals surface area contributed by atoms with Gasteiger partial charge in [-0.2, -0.15) is 0 Å². The molecule has 1 unspecified atom stereocenters. The largest absolute Gasteiger partial charge is 0.288 e. The minimum atomic E-state index is 0.134. The number of anilines is 1. The minimum absolute atomic E-state index is 0.134. The maximum absolute atomic E-state index is 11.9. The van der Waals surface area contributed by atoms with E-state index in [9.17, 15) is 4.79 Å². The van der Waals surface area contributed by atoms with Gasteiger partial charge in [0.25, 0.3) is 0 Å². The van der Waals surface area contributed by atoms with Crippen LogP contribution in [0.4, 0.5) is 5.13 Å². The van der Waals surface area contributed by atoms with E-state index in [1.165, 1.54) is 0 Å². The Labute approximate surface area is 108 Å². The summed E-state index contributed by atoms with van der Waals surface area (Å²) in [5.41, 5.74) is 0.953. The molecule has 1 aliphatic rings. The standard InChI is InChI=1S/C12H11ClN2OS/c13-6-8-5-11(16)15(7-8)12-14-9-3-1-2-4-10(9)17-12/h1-4,8H,5-7H2. The van der Waals surface area contributed by atoms with Crippen molar-refractivity contribution < 1.29 is 4.79 Å². The first kappa shape index (κ1) is 11.0. The number of hydrogen-bond acceptors (Lipinski definition) is 3. The highest BCUT2D eigenvalue weighted by Gasteiger charge is 2.31. The number of nitrogens with zero attached hydrogens (tertiary/aromatic N) is 2. The van der Waals surface area contributed by atoms with Crippen LogP contribution in [0, 0.1) is 5.92 Å². The topological polar surface area (TPSA) is 33.2 Å². The number of aromatic nitrogens is 1. The van der Waals surface area contributed by atoms with Crippen LogP contribution in [0.15, 0.2) is 24.3 Å². The highest BCUT2D eigenvalue weighted by Crippen LogP contribution is 2.32. The highest BCUT2D eigenvalue weighted by atomic mass is 35.5. The van der Waals surface area contributed by atoms with Crippen molar-refractivity contribution in [2.45, 2.75) is 6.42 Å². The molecule has 1 aromatic heterocycles. The van der Waals surface area contributed by atoms with E-state index in [1.54, 1.807) is 16.2 Å². The van der Waals surface area contributed by atoms with Crippen LogP contribution in [0.5, 0.6) is 0 Å². The molecule has 1 atom stereocenters. The Morgan fingerprint density at radius 1 is 1.47 bits per heavy atom. The van der Waals surface area contributed by atoms with E-state index in [1.807, 2.05) is 24.3 Å². The quantitative estimate of drug-likeness (QED) is 0.783. The van der Waals surface area contributed by atoms with Gasteiger partial charge in [-0.15, -0.1) is 11.6 Å². The SMILES string of the molecule is O=C1CC(CCl)CN1c1nc2ccccc2s1. The summed E-state index contributed by atoms with van der Waals surface area (Å²) in [6.45, 7) is 0.697. The van der Waals surface area contributed by atoms with E-state index < -0.39 is 0 Å². The van der Waals surface area contributed by atoms with Gasteiger partial charge >= 0.3 is 0 Å². The summed E-state index contributed by atoms with van der Waals surface area (Å²) in [7, 11) is 0. The molecule has 17 heavy (non-hydrogen) atoms. The van der Waals surface area contributed by atoms with E-state index in [0.29, 0.717) is 18.8 Å². The van der Waals surface area contributed by atoms with Gasteiger partial charge in [-0.1, -0.05) is 23.5 Å². The lowest BCUT2D eigenvalue weighted by Gasteiger charge is -2.11. The number of carbonyl (C=O) groups excluding carboxylic acids is 1. The molecule has 0 N–H and O–H groups in total. The summed E-state index contributed by atoms with van der Waals surface area (Å²) < 4.78 is 1.12. The second-order valence-electron chi connectivity index (χ2n) is 4.19. The average molecular weight is 267 g/mol. The zero-order valence-corrected chi connectivity index (χ0v) is 10.7. The van der Waals surface area contributed by atoms with Crippen molar-refractivity contribution in [3.05, 3.63) is 24.3 Å². The summed E-state index contributed by atoms with van der Waals surface area (Å²) in [6.07, 6.45) is 0.541. The normalized spacial score (nSPS) is 20.4. The van der Waals surface area contributed by atoms with Crippen molar-refractivity contribution >= 4 is 44.2 Å². The zero-order valence-electron chi connectivity index (χ0n) is 9.10. The van der Waals surface area contributed by atoms with Crippen molar-refractivity contribution in [2.75, 3.05) is 17.3 Å². The summed E-state index contributed by atoms with van der Waals surface area (Å²) >= 11 is 7.37. The molecular formula is C12H11ClN2OS. The number of rotatable bonds is 2. The van der Waals surface area contributed by atoms with Crippen LogP contribution in [0.2, 0.25) is 0 Å². The Bertz CT molecular complexity index is 535. The Morgan fingerprint density at radius 3 is 3.00 bits per heavy atom. The first-order chi connectivity index (χ1) is 8.28. The molecule has 2 heterocycles. The maximum Gasteiger partial charge on any atom is 0.229 e. The predicted octanol–water partition coefficient (Wildman–Crippen LogP) is 2.89. The van der Waals surface area contributed by atoms with Crippen LogP contribution >= 0.6 is 22.9 Å². The van der Waals surface area contributed by atoms with E-state index in [-0.39, 0.29) is 11.8 Å². The molecule has 0 saturated carbocycles. The van der Waals surface area contributed by atoms with Crippen molar-refractivity contribution in [3.8, 4) is 0 Å². The van der Waals surface area contributed by atoms with Gasteiger partial charge in [-0.05, 0) is 18.1 Å². The molecule has 0 bridgehead atoms. The van der Waals surface area contributed by atoms with Crippen molar-refractivity contribution in [1.29, 1.82) is 0 Å². The summed E-state index contributed by atoms with van der Waals surface area (Å²) in [5.74, 6) is 0.929. The van der Waals surface area contributed by atoms with Crippen LogP contribution in [0.3, 0.4) is 0 Å². The van der Waals surface area contributed by atoms with E-state index in [2.05, 4.69) is 4.98 Å². The molecule has 88 valence electrons. The fraction of sp³-hybridized carbons (Fsp3) is 0.333. The number of benzene rings is 1. The van der Waals surface area contributed by atoms with Gasteiger partial charge in [-0.25, -0.2) is 4.98 Å². The lowest BCUT2D eigenvalue weighted by atomic mass is 10.2. The zero-order chi connectivity index (χ0) is 11.8. The monoisotopic (exact) mass is 266 g/mol. The second-order valence-corrected chi connectivity index (χ2v) is 5.51. The van der Waals surface area contributed by atoms with E-state index in [4.69, 9.17) is 11.6 Å². The number of hydrogen-bond donors (Lipinski definition) is 0. The number of carbonyl (C=O) groups is 1. The second kappa shape index (κ2) is 4.27. The molecule has 3 rings (SSSR count). The van der Waals surface area contributed by atoms with Gasteiger partial charge in [0.2, 0.25) is 5.91 Å². The predicted molar refractivity (Wildman–Crippen MR) is 70.8 cm³/mol. The van der Waals surface area contributed by atoms with Crippen molar-refractivity contribution in [1.82, 2.24) is 4.98 Å². The fourth-order valence-corrected chi connectivity index (χ4v) is 3.24. The summed E-state index contributed by atoms with van der Waals surface area (Å²) in [4.78, 5) is 18.1. The molecule has 5 heteroatoms. The van der Waals surface area contributed by atoms with Gasteiger partial charge in [0, 0.05) is 18.8 Å². The Balaban J connectivity index is 1.96. The number of thiazole rings is 1. The molecule has 0 aliphatic carbocycles. The summed E-state index contributed by atoms with van der Waals surface area (Å²) in [5, 5.41) is 0.795. The van der Waals surface area contributed by atoms with Crippen LogP contribution in [0.25, 0.3) is 10.2 Å². The van der Waals surface area contributed by atoms with Gasteiger partial charge in [0.15, 0.2) is 5.13 Å². The molecule has 1 amide bonds. The van der Waals surface area contributed by atoms with Gasteiger partial charge in [0.05, 0.1) is 10.2 Å². The number of fused-ring (bicyclic) bond motifs is 1. The maximum atomic E-state index is 11.9. The number of halogens is 1. The van der Waals surface area contributed by atoms with Crippen molar-refractivity contribution in [3.63, 3.8) is 0 Å². The number of amides is 1. The van der Waals surface area contributed by atoms with Gasteiger partial charge in [0.1, 0.15) is 0 Å². The summed E-state index contributed by atoms with van der Waals surface area (Å²) in [6, 6.07) is 7.93. The molecule has 1 fully saturated rings. The number of alkyl halides is 1. The van der Waals surface area contributed by atoms with E-state index in [0.717, 1.165) is 15.3 Å². The first-order valence-electron chi connectivity index (χ1n) is 5.50. The third-order valence-corrected chi connectivity index (χ3v) is 4.43. The van der Waals surface area contributed by atoms with Crippen LogP contribution in [0.1, 0.15) is 6.42 Å². The molecule has 1 aliphatic heterocycles. The van der Waals surface area contributed by atoms with Crippen LogP contribution < -0.4 is 4.90 Å². The smallest absolute Gasteiger partial charge is 0.229 e. The van der Waals surface area contributed by atoms with Crippen LogP contribution in [-0.2, 0) is 4.79 Å². The molecule has 1 saturated heterocycles. The molecule has 0 radical (unpaired) electrons. The molecule has 3 nitrogen and oxygen atoms in total. The Morgan fingerprint density at radius 2 is 2.29 bits per heavy atom. The fourth-order valence-electron chi connectivity index (χ4n) is 2.05. The first-order valence-corrected chi connectivity index (χ1v) is 6.85. The third-order valence-electron chi connectivity index (χ3n) is 2.94. The Hall–Kier alpha value is -1.13. The third kappa shape index (κ3) is 1.91. The molecular weight excluding hydrogens is 256 g/mol. The number of para-hydroxylation sites is 1. The molecule has 2 aromatic rings. The lowest BCUT2D eigenvalue weighted by Crippen LogP contribution is -2.24. The lowest BCUT2D eigenvalue weighted by molar-refractivity contribution is -0.117. The molecule has 0 spiro atoms. The highest BCUT2D eigenvalue weighted by molar-refractivity contribution is 7.22. The van der Waals surface area contributed by atoms with E-state index >= 15 is 0 Å². The van der Waals surface area contributed by atoms with Crippen molar-refractivity contribution in [2.24, 2.45) is 5.92 Å². The minimum Gasteiger partial charge on any atom is -0.288 e. The van der Waals surface area contributed by atoms with Gasteiger partial charge in [-0.3, -0.25) is 9.69 Å². The molecule has 1 aromatic carbocycles. The van der Waals surface area contributed by atoms with Gasteiger partial charge < -0.3 is 0 Å².